The number of hydrogen-bond donors (Lipinski definition) is 0. The molecule has 0 amide bonds. The van der Waals surface area contributed by atoms with Crippen molar-refractivity contribution in [1.82, 2.24) is 4.57 Å². The zero-order valence-corrected chi connectivity index (χ0v) is 13.6. The van der Waals surface area contributed by atoms with Gasteiger partial charge in [0.1, 0.15) is 5.82 Å². The summed E-state index contributed by atoms with van der Waals surface area (Å²) in [4.78, 5) is 0. The number of fused-ring (bicyclic) bond motifs is 1. The largest absolute Gasteiger partial charge is 0.385 e. The molecule has 1 aromatic heterocycles. The standard InChI is InChI=1S/C18H26FNO/c1-5-8-13(2)17-14(3)15-9-6-10-16(19)18(15)20(17)11-7-12-21-4/h6,9-10,13H,5,7-8,11-12H2,1-4H3. The second-order valence-electron chi connectivity index (χ2n) is 5.83. The maximum Gasteiger partial charge on any atom is 0.147 e. The second-order valence-corrected chi connectivity index (χ2v) is 5.83. The fraction of sp³-hybridized carbons (Fsp3) is 0.556. The maximum atomic E-state index is 14.3. The van der Waals surface area contributed by atoms with Gasteiger partial charge in [0.05, 0.1) is 5.52 Å². The minimum atomic E-state index is -0.122. The van der Waals surface area contributed by atoms with E-state index < -0.39 is 0 Å². The van der Waals surface area contributed by atoms with Crippen LogP contribution < -0.4 is 0 Å². The number of methoxy groups -OCH3 is 1. The summed E-state index contributed by atoms with van der Waals surface area (Å²) in [5.41, 5.74) is 3.26. The second kappa shape index (κ2) is 7.08. The number of hydrogen-bond acceptors (Lipinski definition) is 1. The summed E-state index contributed by atoms with van der Waals surface area (Å²) in [6, 6.07) is 5.39. The molecule has 21 heavy (non-hydrogen) atoms. The van der Waals surface area contributed by atoms with Gasteiger partial charge in [0.15, 0.2) is 0 Å². The molecule has 1 aromatic carbocycles. The lowest BCUT2D eigenvalue weighted by molar-refractivity contribution is 0.190. The summed E-state index contributed by atoms with van der Waals surface area (Å²) in [6.45, 7) is 8.08. The molecule has 1 heterocycles. The molecule has 0 radical (unpaired) electrons. The molecule has 116 valence electrons. The Morgan fingerprint density at radius 2 is 2.10 bits per heavy atom. The molecule has 2 rings (SSSR count). The molecule has 2 aromatic rings. The Bertz CT molecular complexity index is 603. The molecule has 0 bridgehead atoms. The molecule has 0 aliphatic heterocycles. The van der Waals surface area contributed by atoms with E-state index >= 15 is 0 Å². The number of ether oxygens (including phenoxy) is 1. The van der Waals surface area contributed by atoms with Gasteiger partial charge in [0, 0.05) is 31.3 Å². The lowest BCUT2D eigenvalue weighted by atomic mass is 9.98. The van der Waals surface area contributed by atoms with Crippen LogP contribution in [0, 0.1) is 12.7 Å². The van der Waals surface area contributed by atoms with E-state index in [9.17, 15) is 4.39 Å². The number of nitrogens with zero attached hydrogens (tertiary/aromatic N) is 1. The van der Waals surface area contributed by atoms with Crippen molar-refractivity contribution in [1.29, 1.82) is 0 Å². The van der Waals surface area contributed by atoms with Gasteiger partial charge < -0.3 is 9.30 Å². The normalized spacial score (nSPS) is 13.0. The number of aryl methyl sites for hydroxylation is 2. The summed E-state index contributed by atoms with van der Waals surface area (Å²) in [5.74, 6) is 0.326. The molecule has 3 heteroatoms. The zero-order valence-electron chi connectivity index (χ0n) is 13.6. The minimum absolute atomic E-state index is 0.122. The van der Waals surface area contributed by atoms with Gasteiger partial charge in [0.25, 0.3) is 0 Å². The predicted octanol–water partition coefficient (Wildman–Crippen LogP) is 5.03. The van der Waals surface area contributed by atoms with Gasteiger partial charge in [-0.25, -0.2) is 4.39 Å². The number of rotatable bonds is 7. The number of aromatic nitrogens is 1. The lowest BCUT2D eigenvalue weighted by Crippen LogP contribution is -2.09. The Balaban J connectivity index is 2.55. The Morgan fingerprint density at radius 3 is 2.76 bits per heavy atom. The van der Waals surface area contributed by atoms with Crippen LogP contribution in [0.15, 0.2) is 18.2 Å². The van der Waals surface area contributed by atoms with Crippen molar-refractivity contribution in [2.24, 2.45) is 0 Å². The smallest absolute Gasteiger partial charge is 0.147 e. The highest BCUT2D eigenvalue weighted by molar-refractivity contribution is 5.86. The van der Waals surface area contributed by atoms with Crippen molar-refractivity contribution in [3.05, 3.63) is 35.3 Å². The fourth-order valence-electron chi connectivity index (χ4n) is 3.36. The molecule has 0 saturated heterocycles. The molecule has 1 unspecified atom stereocenters. The van der Waals surface area contributed by atoms with Crippen LogP contribution in [0.5, 0.6) is 0 Å². The van der Waals surface area contributed by atoms with Gasteiger partial charge in [0.2, 0.25) is 0 Å². The average Bonchev–Trinajstić information content (AvgIpc) is 2.74. The molecule has 0 aliphatic rings. The van der Waals surface area contributed by atoms with Gasteiger partial charge in [-0.15, -0.1) is 0 Å². The van der Waals surface area contributed by atoms with E-state index in [1.165, 1.54) is 11.3 Å². The summed E-state index contributed by atoms with van der Waals surface area (Å²) >= 11 is 0. The first-order chi connectivity index (χ1) is 10.1. The van der Waals surface area contributed by atoms with E-state index in [1.807, 2.05) is 6.07 Å². The Morgan fingerprint density at radius 1 is 1.33 bits per heavy atom. The van der Waals surface area contributed by atoms with Crippen molar-refractivity contribution in [2.75, 3.05) is 13.7 Å². The number of para-hydroxylation sites is 1. The highest BCUT2D eigenvalue weighted by Gasteiger charge is 2.20. The molecule has 0 fully saturated rings. The highest BCUT2D eigenvalue weighted by Crippen LogP contribution is 2.34. The maximum absolute atomic E-state index is 14.3. The van der Waals surface area contributed by atoms with E-state index in [4.69, 9.17) is 4.74 Å². The van der Waals surface area contributed by atoms with Crippen molar-refractivity contribution in [3.8, 4) is 0 Å². The first-order valence-electron chi connectivity index (χ1n) is 7.87. The molecular weight excluding hydrogens is 265 g/mol. The van der Waals surface area contributed by atoms with Gasteiger partial charge >= 0.3 is 0 Å². The summed E-state index contributed by atoms with van der Waals surface area (Å²) < 4.78 is 21.7. The third kappa shape index (κ3) is 3.13. The van der Waals surface area contributed by atoms with Crippen LogP contribution in [0.1, 0.15) is 50.3 Å². The van der Waals surface area contributed by atoms with Crippen LogP contribution in [0.3, 0.4) is 0 Å². The monoisotopic (exact) mass is 291 g/mol. The molecular formula is C18H26FNO. The van der Waals surface area contributed by atoms with Crippen molar-refractivity contribution < 1.29 is 9.13 Å². The Kier molecular flexibility index (Phi) is 5.40. The first kappa shape index (κ1) is 16.0. The molecule has 2 nitrogen and oxygen atoms in total. The number of halogens is 1. The van der Waals surface area contributed by atoms with Gasteiger partial charge in [-0.05, 0) is 37.3 Å². The average molecular weight is 291 g/mol. The van der Waals surface area contributed by atoms with Crippen LogP contribution in [0.25, 0.3) is 10.9 Å². The molecule has 1 atom stereocenters. The van der Waals surface area contributed by atoms with Crippen LogP contribution in [-0.2, 0) is 11.3 Å². The summed E-state index contributed by atoms with van der Waals surface area (Å²) in [7, 11) is 1.71. The fourth-order valence-corrected chi connectivity index (χ4v) is 3.36. The number of benzene rings is 1. The zero-order chi connectivity index (χ0) is 15.4. The molecule has 0 spiro atoms. The van der Waals surface area contributed by atoms with Crippen LogP contribution in [0.4, 0.5) is 4.39 Å². The van der Waals surface area contributed by atoms with E-state index in [1.54, 1.807) is 19.2 Å². The van der Waals surface area contributed by atoms with Crippen LogP contribution >= 0.6 is 0 Å². The highest BCUT2D eigenvalue weighted by atomic mass is 19.1. The van der Waals surface area contributed by atoms with Crippen molar-refractivity contribution in [2.45, 2.75) is 52.5 Å². The summed E-state index contributed by atoms with van der Waals surface area (Å²) in [6.07, 6.45) is 3.17. The predicted molar refractivity (Wildman–Crippen MR) is 86.4 cm³/mol. The quantitative estimate of drug-likeness (QED) is 0.653. The lowest BCUT2D eigenvalue weighted by Gasteiger charge is -2.17. The Hall–Kier alpha value is -1.35. The molecule has 0 aliphatic carbocycles. The van der Waals surface area contributed by atoms with Crippen LogP contribution in [0.2, 0.25) is 0 Å². The van der Waals surface area contributed by atoms with Gasteiger partial charge in [-0.3, -0.25) is 0 Å². The van der Waals surface area contributed by atoms with E-state index in [0.29, 0.717) is 12.5 Å². The van der Waals surface area contributed by atoms with Gasteiger partial charge in [-0.1, -0.05) is 32.4 Å². The first-order valence-corrected chi connectivity index (χ1v) is 7.87. The van der Waals surface area contributed by atoms with E-state index in [0.717, 1.165) is 36.7 Å². The van der Waals surface area contributed by atoms with Crippen molar-refractivity contribution in [3.63, 3.8) is 0 Å². The topological polar surface area (TPSA) is 14.2 Å². The third-order valence-electron chi connectivity index (χ3n) is 4.25. The third-order valence-corrected chi connectivity index (χ3v) is 4.25. The van der Waals surface area contributed by atoms with Crippen molar-refractivity contribution >= 4 is 10.9 Å². The molecule has 0 N–H and O–H groups in total. The van der Waals surface area contributed by atoms with Crippen LogP contribution in [-0.4, -0.2) is 18.3 Å². The van der Waals surface area contributed by atoms with E-state index in [2.05, 4.69) is 25.3 Å². The molecule has 0 saturated carbocycles. The summed E-state index contributed by atoms with van der Waals surface area (Å²) in [5, 5.41) is 1.05. The Labute approximate surface area is 126 Å². The van der Waals surface area contributed by atoms with E-state index in [-0.39, 0.29) is 5.82 Å². The minimum Gasteiger partial charge on any atom is -0.385 e. The SMILES string of the molecule is CCCC(C)c1c(C)c2cccc(F)c2n1CCCOC. The van der Waals surface area contributed by atoms with Gasteiger partial charge in [-0.2, -0.15) is 0 Å².